The predicted molar refractivity (Wildman–Crippen MR) is 34.5 cm³/mol. The van der Waals surface area contributed by atoms with E-state index in [1.807, 2.05) is 0 Å². The second-order valence-electron chi connectivity index (χ2n) is 2.37. The van der Waals surface area contributed by atoms with Gasteiger partial charge in [-0.2, -0.15) is 26.3 Å². The maximum Gasteiger partial charge on any atom is 1.00 e. The largest absolute Gasteiger partial charge is 1.00 e. The van der Waals surface area contributed by atoms with Crippen LogP contribution in [0.4, 0.5) is 17.6 Å². The van der Waals surface area contributed by atoms with Crippen LogP contribution in [0.15, 0.2) is 0 Å². The van der Waals surface area contributed by atoms with Crippen LogP contribution in [0.2, 0.25) is 0 Å². The van der Waals surface area contributed by atoms with E-state index >= 15 is 0 Å². The van der Waals surface area contributed by atoms with Gasteiger partial charge < -0.3 is 4.39 Å². The third-order valence-electron chi connectivity index (χ3n) is 1.27. The van der Waals surface area contributed by atoms with Gasteiger partial charge in [0.25, 0.3) is 0 Å². The van der Waals surface area contributed by atoms with Crippen molar-refractivity contribution in [3.8, 4) is 0 Å². The molecule has 0 radical (unpaired) electrons. The molecule has 0 aromatic rings. The number of alkyl halides is 3. The molecular formula is C7H11F4Na. The Morgan fingerprint density at radius 1 is 1.00 bits per heavy atom. The summed E-state index contributed by atoms with van der Waals surface area (Å²) in [6.07, 6.45) is -3.49. The Kier molecular flexibility index (Phi) is 10.5. The van der Waals surface area contributed by atoms with Crippen LogP contribution in [0.3, 0.4) is 0 Å². The van der Waals surface area contributed by atoms with E-state index in [9.17, 15) is 17.6 Å². The van der Waals surface area contributed by atoms with E-state index in [0.29, 0.717) is 19.5 Å². The van der Waals surface area contributed by atoms with Gasteiger partial charge in [-0.05, 0) is 6.42 Å². The summed E-state index contributed by atoms with van der Waals surface area (Å²) < 4.78 is 45.8. The molecule has 0 bridgehead atoms. The fraction of sp³-hybridized carbons (Fsp3) is 0.857. The molecule has 0 N–H and O–H groups in total. The molecule has 0 unspecified atom stereocenters. The van der Waals surface area contributed by atoms with Gasteiger partial charge in [-0.3, -0.25) is 0 Å². The Hall–Kier alpha value is 0.720. The first-order chi connectivity index (χ1) is 5.06. The van der Waals surface area contributed by atoms with Crippen molar-refractivity contribution in [3.63, 3.8) is 0 Å². The average molecular weight is 194 g/mol. The third kappa shape index (κ3) is 13.3. The van der Waals surface area contributed by atoms with Crippen molar-refractivity contribution in [2.75, 3.05) is 0 Å². The van der Waals surface area contributed by atoms with Gasteiger partial charge in [-0.15, -0.1) is 0 Å². The van der Waals surface area contributed by atoms with Crippen molar-refractivity contribution in [2.24, 2.45) is 0 Å². The van der Waals surface area contributed by atoms with Crippen LogP contribution in [0, 0.1) is 6.67 Å². The molecular weight excluding hydrogens is 183 g/mol. The summed E-state index contributed by atoms with van der Waals surface area (Å²) in [5, 5.41) is 0. The summed E-state index contributed by atoms with van der Waals surface area (Å²) in [5.41, 5.74) is 0. The molecule has 0 rings (SSSR count). The Labute approximate surface area is 92.0 Å². The van der Waals surface area contributed by atoms with Crippen molar-refractivity contribution in [1.29, 1.82) is 0 Å². The summed E-state index contributed by atoms with van der Waals surface area (Å²) in [5.74, 6) is 0. The van der Waals surface area contributed by atoms with Crippen LogP contribution in [0.1, 0.15) is 32.1 Å². The molecule has 0 aliphatic heterocycles. The minimum absolute atomic E-state index is 0. The van der Waals surface area contributed by atoms with E-state index < -0.39 is 12.6 Å². The van der Waals surface area contributed by atoms with Gasteiger partial charge in [0, 0.05) is 6.42 Å². The van der Waals surface area contributed by atoms with Crippen molar-refractivity contribution >= 4 is 0 Å². The maximum atomic E-state index is 11.5. The van der Waals surface area contributed by atoms with Crippen LogP contribution >= 0.6 is 0 Å². The number of hydrogen-bond acceptors (Lipinski definition) is 0. The Balaban J connectivity index is 0. The summed E-state index contributed by atoms with van der Waals surface area (Å²) in [7, 11) is 0. The van der Waals surface area contributed by atoms with E-state index in [1.54, 1.807) is 0 Å². The van der Waals surface area contributed by atoms with Crippen LogP contribution in [0.5, 0.6) is 0 Å². The maximum absolute atomic E-state index is 11.5. The Bertz CT molecular complexity index is 91.9. The summed E-state index contributed by atoms with van der Waals surface area (Å²) >= 11 is 0. The zero-order chi connectivity index (χ0) is 8.74. The summed E-state index contributed by atoms with van der Waals surface area (Å²) in [6.45, 7) is 0.480. The zero-order valence-electron chi connectivity index (χ0n) is 7.12. The molecule has 0 aromatic carbocycles. The molecule has 68 valence electrons. The van der Waals surface area contributed by atoms with Crippen molar-refractivity contribution in [2.45, 2.75) is 38.3 Å². The first-order valence-electron chi connectivity index (χ1n) is 3.55. The van der Waals surface area contributed by atoms with Crippen molar-refractivity contribution in [3.05, 3.63) is 6.67 Å². The monoisotopic (exact) mass is 194 g/mol. The molecule has 0 fully saturated rings. The van der Waals surface area contributed by atoms with Gasteiger partial charge in [0.1, 0.15) is 0 Å². The quantitative estimate of drug-likeness (QED) is 0.261. The standard InChI is InChI=1S/C7H11F4.Na/c8-6-4-2-1-3-5-7(9,10)11;/h6H,1-5H2;/q-1;+1. The van der Waals surface area contributed by atoms with E-state index in [0.717, 1.165) is 0 Å². The van der Waals surface area contributed by atoms with E-state index in [1.165, 1.54) is 0 Å². The topological polar surface area (TPSA) is 0 Å². The van der Waals surface area contributed by atoms with Crippen LogP contribution in [-0.2, 0) is 0 Å². The molecule has 0 saturated carbocycles. The van der Waals surface area contributed by atoms with Crippen LogP contribution < -0.4 is 29.6 Å². The van der Waals surface area contributed by atoms with Crippen molar-refractivity contribution < 1.29 is 47.1 Å². The normalized spacial score (nSPS) is 11.0. The molecule has 0 saturated heterocycles. The fourth-order valence-electron chi connectivity index (χ4n) is 0.724. The Morgan fingerprint density at radius 3 is 2.00 bits per heavy atom. The minimum Gasteiger partial charge on any atom is -0.459 e. The molecule has 12 heavy (non-hydrogen) atoms. The first kappa shape index (κ1) is 15.2. The molecule has 0 nitrogen and oxygen atoms in total. The second kappa shape index (κ2) is 8.32. The fourth-order valence-corrected chi connectivity index (χ4v) is 0.724. The van der Waals surface area contributed by atoms with Crippen LogP contribution in [0.25, 0.3) is 0 Å². The van der Waals surface area contributed by atoms with Gasteiger partial charge in [-0.25, -0.2) is 0 Å². The molecule has 0 amide bonds. The summed E-state index contributed by atoms with van der Waals surface area (Å²) in [6, 6.07) is 0. The zero-order valence-corrected chi connectivity index (χ0v) is 9.12. The molecule has 5 heteroatoms. The predicted octanol–water partition coefficient (Wildman–Crippen LogP) is 0.634. The van der Waals surface area contributed by atoms with E-state index in [2.05, 4.69) is 0 Å². The number of hydrogen-bond donors (Lipinski definition) is 0. The molecule has 0 aliphatic carbocycles. The Morgan fingerprint density at radius 2 is 1.58 bits per heavy atom. The summed E-state index contributed by atoms with van der Waals surface area (Å²) in [4.78, 5) is 0. The molecule has 0 aliphatic rings. The number of halogens is 4. The minimum atomic E-state index is -4.06. The molecule has 0 aromatic heterocycles. The van der Waals surface area contributed by atoms with Crippen molar-refractivity contribution in [1.82, 2.24) is 0 Å². The van der Waals surface area contributed by atoms with Gasteiger partial charge in [0.05, 0.1) is 0 Å². The van der Waals surface area contributed by atoms with Gasteiger partial charge in [0.2, 0.25) is 0 Å². The SMILES string of the molecule is F[CH-]CCCCCC(F)(F)F.[Na+]. The van der Waals surface area contributed by atoms with E-state index in [4.69, 9.17) is 0 Å². The van der Waals surface area contributed by atoms with Gasteiger partial charge >= 0.3 is 35.7 Å². The van der Waals surface area contributed by atoms with Crippen LogP contribution in [-0.4, -0.2) is 6.18 Å². The smallest absolute Gasteiger partial charge is 0.459 e. The average Bonchev–Trinajstić information content (AvgIpc) is 1.85. The molecule has 0 spiro atoms. The van der Waals surface area contributed by atoms with Gasteiger partial charge in [0.15, 0.2) is 0 Å². The first-order valence-corrected chi connectivity index (χ1v) is 3.55. The third-order valence-corrected chi connectivity index (χ3v) is 1.27. The second-order valence-corrected chi connectivity index (χ2v) is 2.37. The van der Waals surface area contributed by atoms with Gasteiger partial charge in [-0.1, -0.05) is 12.8 Å². The van der Waals surface area contributed by atoms with E-state index in [-0.39, 0.29) is 42.4 Å². The molecule has 0 heterocycles. The number of rotatable bonds is 5. The number of unbranched alkanes of at least 4 members (excludes halogenated alkanes) is 3. The molecule has 0 atom stereocenters.